The molecule has 0 aliphatic carbocycles. The van der Waals surface area contributed by atoms with Crippen molar-refractivity contribution in [3.63, 3.8) is 0 Å². The van der Waals surface area contributed by atoms with Crippen LogP contribution in [0.5, 0.6) is 0 Å². The predicted octanol–water partition coefficient (Wildman–Crippen LogP) is 3.62. The molecule has 1 aromatic rings. The summed E-state index contributed by atoms with van der Waals surface area (Å²) >= 11 is 8.19. The summed E-state index contributed by atoms with van der Waals surface area (Å²) in [6, 6.07) is 7.94. The zero-order valence-corrected chi connectivity index (χ0v) is 14.2. The van der Waals surface area contributed by atoms with Gasteiger partial charge < -0.3 is 10.2 Å². The van der Waals surface area contributed by atoms with Gasteiger partial charge in [-0.3, -0.25) is 4.79 Å². The van der Waals surface area contributed by atoms with Gasteiger partial charge in [-0.25, -0.2) is 0 Å². The summed E-state index contributed by atoms with van der Waals surface area (Å²) < 4.78 is 0.498. The summed E-state index contributed by atoms with van der Waals surface area (Å²) in [7, 11) is 1.59. The molecule has 0 saturated carbocycles. The Labute approximate surface area is 133 Å². The molecule has 5 heteroatoms. The van der Waals surface area contributed by atoms with Crippen molar-refractivity contribution in [3.05, 3.63) is 33.4 Å². The van der Waals surface area contributed by atoms with E-state index >= 15 is 0 Å². The number of carbonyl (C=O) groups is 1. The van der Waals surface area contributed by atoms with Crippen LogP contribution in [0.2, 0.25) is 0 Å². The van der Waals surface area contributed by atoms with Crippen LogP contribution in [0.4, 0.5) is 5.69 Å². The van der Waals surface area contributed by atoms with Crippen molar-refractivity contribution in [2.75, 3.05) is 25.0 Å². The van der Waals surface area contributed by atoms with Crippen LogP contribution >= 0.6 is 34.2 Å². The first kappa shape index (κ1) is 16.3. The van der Waals surface area contributed by atoms with Crippen LogP contribution in [-0.4, -0.2) is 26.0 Å². The number of hydrogen-bond acceptors (Lipinski definition) is 2. The number of anilines is 1. The number of carbonyl (C=O) groups excluding carboxylic acids is 1. The Kier molecular flexibility index (Phi) is 6.65. The van der Waals surface area contributed by atoms with E-state index in [4.69, 9.17) is 11.6 Å². The van der Waals surface area contributed by atoms with E-state index in [2.05, 4.69) is 24.1 Å². The fourth-order valence-electron chi connectivity index (χ4n) is 1.74. The molecular weight excluding hydrogens is 375 g/mol. The van der Waals surface area contributed by atoms with E-state index in [-0.39, 0.29) is 5.91 Å². The zero-order valence-electron chi connectivity index (χ0n) is 11.3. The van der Waals surface area contributed by atoms with Gasteiger partial charge in [-0.2, -0.15) is 0 Å². The minimum Gasteiger partial charge on any atom is -0.372 e. The lowest BCUT2D eigenvalue weighted by Crippen LogP contribution is -2.21. The van der Waals surface area contributed by atoms with Gasteiger partial charge in [-0.15, -0.1) is 0 Å². The fourth-order valence-corrected chi connectivity index (χ4v) is 2.54. The fraction of sp³-hybridized carbons (Fsp3) is 0.357. The molecule has 3 nitrogen and oxygen atoms in total. The standard InChI is InChI=1S/C14H18ClIN2O/c1-4-18(5-2)11-8-6-10(7-9-11)12(15)13(16)14(19)17-3/h6-9H,4-5H2,1-3H3,(H,17,19)/b13-12-. The highest BCUT2D eigenvalue weighted by molar-refractivity contribution is 14.1. The Bertz CT molecular complexity index is 467. The third-order valence-corrected chi connectivity index (χ3v) is 4.62. The Hall–Kier alpha value is -0.750. The van der Waals surface area contributed by atoms with Crippen molar-refractivity contribution >= 4 is 50.8 Å². The van der Waals surface area contributed by atoms with Gasteiger partial charge in [0.1, 0.15) is 0 Å². The van der Waals surface area contributed by atoms with Crippen LogP contribution in [0.15, 0.2) is 27.8 Å². The molecule has 1 amide bonds. The maximum Gasteiger partial charge on any atom is 0.258 e. The Morgan fingerprint density at radius 3 is 2.21 bits per heavy atom. The largest absolute Gasteiger partial charge is 0.372 e. The summed E-state index contributed by atoms with van der Waals surface area (Å²) in [4.78, 5) is 13.8. The molecule has 0 aliphatic rings. The molecule has 0 unspecified atom stereocenters. The average molecular weight is 393 g/mol. The van der Waals surface area contributed by atoms with E-state index in [1.165, 1.54) is 0 Å². The van der Waals surface area contributed by atoms with Crippen LogP contribution in [0.3, 0.4) is 0 Å². The molecule has 0 heterocycles. The molecule has 0 atom stereocenters. The molecule has 0 spiro atoms. The summed E-state index contributed by atoms with van der Waals surface area (Å²) in [6.07, 6.45) is 0. The molecule has 19 heavy (non-hydrogen) atoms. The van der Waals surface area contributed by atoms with E-state index in [0.29, 0.717) is 8.61 Å². The molecular formula is C14H18ClIN2O. The first-order valence-corrected chi connectivity index (χ1v) is 7.63. The van der Waals surface area contributed by atoms with Crippen LogP contribution in [-0.2, 0) is 4.79 Å². The third-order valence-electron chi connectivity index (χ3n) is 2.87. The van der Waals surface area contributed by atoms with Gasteiger partial charge in [-0.05, 0) is 54.1 Å². The number of amides is 1. The first-order chi connectivity index (χ1) is 9.04. The second-order valence-corrected chi connectivity index (χ2v) is 5.38. The van der Waals surface area contributed by atoms with Gasteiger partial charge in [0.25, 0.3) is 5.91 Å². The van der Waals surface area contributed by atoms with Crippen molar-refractivity contribution in [1.82, 2.24) is 5.32 Å². The van der Waals surface area contributed by atoms with Crippen molar-refractivity contribution in [3.8, 4) is 0 Å². The molecule has 1 rings (SSSR count). The van der Waals surface area contributed by atoms with Gasteiger partial charge >= 0.3 is 0 Å². The lowest BCUT2D eigenvalue weighted by Gasteiger charge is -2.21. The number of halogens is 2. The number of benzene rings is 1. The lowest BCUT2D eigenvalue weighted by atomic mass is 10.1. The molecule has 0 radical (unpaired) electrons. The number of hydrogen-bond donors (Lipinski definition) is 1. The Morgan fingerprint density at radius 2 is 1.79 bits per heavy atom. The van der Waals surface area contributed by atoms with Crippen LogP contribution in [0, 0.1) is 0 Å². The number of rotatable bonds is 5. The van der Waals surface area contributed by atoms with Crippen molar-refractivity contribution in [2.45, 2.75) is 13.8 Å². The van der Waals surface area contributed by atoms with Gasteiger partial charge in [-0.1, -0.05) is 23.7 Å². The van der Waals surface area contributed by atoms with Gasteiger partial charge in [0, 0.05) is 25.8 Å². The van der Waals surface area contributed by atoms with Crippen LogP contribution in [0.1, 0.15) is 19.4 Å². The highest BCUT2D eigenvalue weighted by Crippen LogP contribution is 2.28. The normalized spacial score (nSPS) is 11.8. The average Bonchev–Trinajstić information content (AvgIpc) is 2.47. The second-order valence-electron chi connectivity index (χ2n) is 3.93. The van der Waals surface area contributed by atoms with E-state index < -0.39 is 0 Å². The van der Waals surface area contributed by atoms with Crippen molar-refractivity contribution < 1.29 is 4.79 Å². The third kappa shape index (κ3) is 4.11. The summed E-state index contributed by atoms with van der Waals surface area (Å²) in [5.41, 5.74) is 2.01. The van der Waals surface area contributed by atoms with Crippen molar-refractivity contribution in [2.24, 2.45) is 0 Å². The predicted molar refractivity (Wildman–Crippen MR) is 90.9 cm³/mol. The van der Waals surface area contributed by atoms with E-state index in [1.54, 1.807) is 7.05 Å². The minimum atomic E-state index is -0.168. The zero-order chi connectivity index (χ0) is 14.4. The monoisotopic (exact) mass is 392 g/mol. The Morgan fingerprint density at radius 1 is 1.26 bits per heavy atom. The number of nitrogens with one attached hydrogen (secondary N) is 1. The van der Waals surface area contributed by atoms with Crippen LogP contribution in [0.25, 0.3) is 5.03 Å². The maximum atomic E-state index is 11.5. The highest BCUT2D eigenvalue weighted by Gasteiger charge is 2.11. The van der Waals surface area contributed by atoms with Crippen molar-refractivity contribution in [1.29, 1.82) is 0 Å². The molecule has 1 aromatic carbocycles. The topological polar surface area (TPSA) is 32.3 Å². The van der Waals surface area contributed by atoms with E-state index in [1.807, 2.05) is 46.9 Å². The molecule has 1 N–H and O–H groups in total. The van der Waals surface area contributed by atoms with Crippen LogP contribution < -0.4 is 10.2 Å². The SMILES string of the molecule is CCN(CC)c1ccc(/C(Cl)=C(/I)C(=O)NC)cc1. The van der Waals surface area contributed by atoms with E-state index in [9.17, 15) is 4.79 Å². The quantitative estimate of drug-likeness (QED) is 0.613. The number of likely N-dealkylation sites (N-methyl/N-ethyl adjacent to an activating group) is 1. The van der Waals surface area contributed by atoms with Gasteiger partial charge in [0.05, 0.1) is 8.61 Å². The summed E-state index contributed by atoms with van der Waals surface area (Å²) in [6.45, 7) is 6.18. The smallest absolute Gasteiger partial charge is 0.258 e. The first-order valence-electron chi connectivity index (χ1n) is 6.17. The number of nitrogens with zero attached hydrogens (tertiary/aromatic N) is 1. The molecule has 0 saturated heterocycles. The van der Waals surface area contributed by atoms with E-state index in [0.717, 1.165) is 24.3 Å². The molecule has 0 aliphatic heterocycles. The molecule has 0 bridgehead atoms. The molecule has 0 fully saturated rings. The maximum absolute atomic E-state index is 11.5. The second kappa shape index (κ2) is 7.75. The minimum absolute atomic E-state index is 0.168. The highest BCUT2D eigenvalue weighted by atomic mass is 127. The summed E-state index contributed by atoms with van der Waals surface area (Å²) in [5, 5.41) is 3.04. The summed E-state index contributed by atoms with van der Waals surface area (Å²) in [5.74, 6) is -0.168. The molecule has 0 aromatic heterocycles. The van der Waals surface area contributed by atoms with Gasteiger partial charge in [0.15, 0.2) is 0 Å². The lowest BCUT2D eigenvalue weighted by molar-refractivity contribution is -0.116. The Balaban J connectivity index is 3.02. The molecule has 104 valence electrons. The van der Waals surface area contributed by atoms with Gasteiger partial charge in [0.2, 0.25) is 0 Å².